The van der Waals surface area contributed by atoms with Crippen molar-refractivity contribution in [2.24, 2.45) is 0 Å². The largest absolute Gasteiger partial charge is 0.444 e. The van der Waals surface area contributed by atoms with Crippen molar-refractivity contribution in [2.45, 2.75) is 39.5 Å². The van der Waals surface area contributed by atoms with E-state index in [0.717, 1.165) is 11.1 Å². The fraction of sp³-hybridized carbons (Fsp3) is 0.286. The van der Waals surface area contributed by atoms with Gasteiger partial charge in [0.05, 0.1) is 0 Å². The zero-order valence-electron chi connectivity index (χ0n) is 17.1. The van der Waals surface area contributed by atoms with Gasteiger partial charge in [-0.3, -0.25) is 4.79 Å². The molecule has 30 heavy (non-hydrogen) atoms. The Balaban J connectivity index is 1.48. The average Bonchev–Trinajstić information content (AvgIpc) is 3.25. The minimum absolute atomic E-state index is 0.193. The van der Waals surface area contributed by atoms with Gasteiger partial charge in [0.2, 0.25) is 0 Å². The molecule has 1 aromatic carbocycles. The highest BCUT2D eigenvalue weighted by Gasteiger charge is 2.15. The number of carbonyl (C=O) groups excluding carboxylic acids is 2. The molecule has 2 aromatic heterocycles. The predicted molar refractivity (Wildman–Crippen MR) is 110 cm³/mol. The highest BCUT2D eigenvalue weighted by atomic mass is 16.6. The second-order valence-electron chi connectivity index (χ2n) is 7.60. The van der Waals surface area contributed by atoms with Crippen molar-refractivity contribution in [3.63, 3.8) is 0 Å². The third-order valence-electron chi connectivity index (χ3n) is 3.97. The summed E-state index contributed by atoms with van der Waals surface area (Å²) in [5, 5.41) is 9.57. The quantitative estimate of drug-likeness (QED) is 0.649. The van der Waals surface area contributed by atoms with Gasteiger partial charge in [-0.25, -0.2) is 19.4 Å². The maximum atomic E-state index is 12.4. The smallest absolute Gasteiger partial charge is 0.407 e. The summed E-state index contributed by atoms with van der Waals surface area (Å²) in [6, 6.07) is 10.7. The molecule has 0 radical (unpaired) electrons. The highest BCUT2D eigenvalue weighted by molar-refractivity contribution is 5.94. The number of ether oxygens (including phenoxy) is 1. The highest BCUT2D eigenvalue weighted by Crippen LogP contribution is 2.09. The minimum atomic E-state index is -0.543. The first-order chi connectivity index (χ1) is 14.3. The van der Waals surface area contributed by atoms with Gasteiger partial charge in [-0.15, -0.1) is 0 Å². The second-order valence-corrected chi connectivity index (χ2v) is 7.60. The normalized spacial score (nSPS) is 11.0. The number of nitrogens with one attached hydrogen (secondary N) is 2. The maximum Gasteiger partial charge on any atom is 0.407 e. The van der Waals surface area contributed by atoms with E-state index in [1.807, 2.05) is 12.1 Å². The van der Waals surface area contributed by atoms with Crippen LogP contribution in [0.3, 0.4) is 0 Å². The molecule has 0 bridgehead atoms. The molecule has 3 aromatic rings. The van der Waals surface area contributed by atoms with Crippen molar-refractivity contribution >= 4 is 12.0 Å². The van der Waals surface area contributed by atoms with Crippen molar-refractivity contribution in [3.8, 4) is 5.82 Å². The maximum absolute atomic E-state index is 12.4. The fourth-order valence-corrected chi connectivity index (χ4v) is 2.53. The summed E-state index contributed by atoms with van der Waals surface area (Å²) in [6.07, 6.45) is 4.21. The van der Waals surface area contributed by atoms with Crippen molar-refractivity contribution in [2.75, 3.05) is 0 Å². The molecule has 2 heterocycles. The van der Waals surface area contributed by atoms with Gasteiger partial charge >= 0.3 is 6.09 Å². The number of rotatable bonds is 6. The first-order valence-electron chi connectivity index (χ1n) is 9.44. The predicted octanol–water partition coefficient (Wildman–Crippen LogP) is 2.62. The lowest BCUT2D eigenvalue weighted by Crippen LogP contribution is -2.32. The Hall–Kier alpha value is -3.75. The lowest BCUT2D eigenvalue weighted by molar-refractivity contribution is 0.0523. The molecule has 0 spiro atoms. The Morgan fingerprint density at radius 2 is 1.70 bits per heavy atom. The van der Waals surface area contributed by atoms with Crippen LogP contribution in [0.5, 0.6) is 0 Å². The van der Waals surface area contributed by atoms with E-state index in [-0.39, 0.29) is 5.91 Å². The Morgan fingerprint density at radius 3 is 2.30 bits per heavy atom. The topological polar surface area (TPSA) is 111 Å². The van der Waals surface area contributed by atoms with Gasteiger partial charge in [0.1, 0.15) is 18.3 Å². The standard InChI is InChI=1S/C21H24N6O3/c1-21(2,3)30-20(29)25-10-15-4-7-17(8-5-15)19(28)24-12-16-6-9-18(23-11-16)27-14-22-13-26-27/h4-9,11,13-14H,10,12H2,1-3H3,(H,24,28)(H,25,29). The molecule has 3 rings (SSSR count). The van der Waals surface area contributed by atoms with Crippen molar-refractivity contribution < 1.29 is 14.3 Å². The molecule has 2 amide bonds. The zero-order valence-corrected chi connectivity index (χ0v) is 17.1. The summed E-state index contributed by atoms with van der Waals surface area (Å²) >= 11 is 0. The molecule has 0 atom stereocenters. The molecule has 0 unspecified atom stereocenters. The van der Waals surface area contributed by atoms with Crippen LogP contribution in [-0.2, 0) is 17.8 Å². The summed E-state index contributed by atoms with van der Waals surface area (Å²) in [5.74, 6) is 0.458. The van der Waals surface area contributed by atoms with E-state index in [1.165, 1.54) is 6.33 Å². The summed E-state index contributed by atoms with van der Waals surface area (Å²) in [7, 11) is 0. The molecule has 9 heteroatoms. The van der Waals surface area contributed by atoms with Crippen LogP contribution in [0.2, 0.25) is 0 Å². The van der Waals surface area contributed by atoms with Crippen molar-refractivity contribution in [3.05, 3.63) is 71.9 Å². The number of pyridine rings is 1. The van der Waals surface area contributed by atoms with Crippen LogP contribution in [0, 0.1) is 0 Å². The van der Waals surface area contributed by atoms with Crippen LogP contribution in [0.1, 0.15) is 42.3 Å². The average molecular weight is 408 g/mol. The zero-order chi connectivity index (χ0) is 21.6. The van der Waals surface area contributed by atoms with Gasteiger partial charge in [0, 0.05) is 24.8 Å². The first kappa shape index (κ1) is 21.0. The molecule has 9 nitrogen and oxygen atoms in total. The lowest BCUT2D eigenvalue weighted by Gasteiger charge is -2.19. The van der Waals surface area contributed by atoms with E-state index in [0.29, 0.717) is 24.5 Å². The molecular formula is C21H24N6O3. The molecule has 0 aliphatic rings. The van der Waals surface area contributed by atoms with Crippen LogP contribution in [0.4, 0.5) is 4.79 Å². The molecule has 156 valence electrons. The van der Waals surface area contributed by atoms with E-state index in [4.69, 9.17) is 4.74 Å². The molecule has 0 aliphatic carbocycles. The molecule has 0 saturated carbocycles. The van der Waals surface area contributed by atoms with Gasteiger partial charge < -0.3 is 15.4 Å². The second kappa shape index (κ2) is 9.17. The molecule has 0 saturated heterocycles. The molecule has 0 fully saturated rings. The Kier molecular flexibility index (Phi) is 6.41. The lowest BCUT2D eigenvalue weighted by atomic mass is 10.1. The van der Waals surface area contributed by atoms with Gasteiger partial charge in [-0.2, -0.15) is 5.10 Å². The first-order valence-corrected chi connectivity index (χ1v) is 9.44. The summed E-state index contributed by atoms with van der Waals surface area (Å²) in [6.45, 7) is 6.09. The van der Waals surface area contributed by atoms with Gasteiger partial charge in [0.25, 0.3) is 5.91 Å². The number of carbonyl (C=O) groups is 2. The van der Waals surface area contributed by atoms with E-state index in [9.17, 15) is 9.59 Å². The summed E-state index contributed by atoms with van der Waals surface area (Å²) in [4.78, 5) is 32.3. The molecular weight excluding hydrogens is 384 g/mol. The fourth-order valence-electron chi connectivity index (χ4n) is 2.53. The number of alkyl carbamates (subject to hydrolysis) is 1. The SMILES string of the molecule is CC(C)(C)OC(=O)NCc1ccc(C(=O)NCc2ccc(-n3cncn3)nc2)cc1. The monoisotopic (exact) mass is 408 g/mol. The van der Waals surface area contributed by atoms with Gasteiger partial charge in [-0.05, 0) is 50.1 Å². The Labute approximate surface area is 174 Å². The Bertz CT molecular complexity index is 977. The number of aromatic nitrogens is 4. The molecule has 0 aliphatic heterocycles. The van der Waals surface area contributed by atoms with E-state index in [1.54, 1.807) is 62.2 Å². The van der Waals surface area contributed by atoms with Crippen LogP contribution >= 0.6 is 0 Å². The Morgan fingerprint density at radius 1 is 1.00 bits per heavy atom. The third-order valence-corrected chi connectivity index (χ3v) is 3.97. The number of benzene rings is 1. The number of nitrogens with zero attached hydrogens (tertiary/aromatic N) is 4. The number of hydrogen-bond donors (Lipinski definition) is 2. The number of hydrogen-bond acceptors (Lipinski definition) is 6. The third kappa shape index (κ3) is 6.13. The van der Waals surface area contributed by atoms with Crippen LogP contribution in [-0.4, -0.2) is 37.3 Å². The van der Waals surface area contributed by atoms with Crippen LogP contribution < -0.4 is 10.6 Å². The summed E-state index contributed by atoms with van der Waals surface area (Å²) in [5.41, 5.74) is 1.72. The van der Waals surface area contributed by atoms with Crippen molar-refractivity contribution in [1.29, 1.82) is 0 Å². The van der Waals surface area contributed by atoms with Crippen LogP contribution in [0.15, 0.2) is 55.2 Å². The summed E-state index contributed by atoms with van der Waals surface area (Å²) < 4.78 is 6.75. The van der Waals surface area contributed by atoms with E-state index >= 15 is 0 Å². The van der Waals surface area contributed by atoms with Crippen molar-refractivity contribution in [1.82, 2.24) is 30.4 Å². The minimum Gasteiger partial charge on any atom is -0.444 e. The number of amides is 2. The van der Waals surface area contributed by atoms with E-state index in [2.05, 4.69) is 25.7 Å². The van der Waals surface area contributed by atoms with Gasteiger partial charge in [0.15, 0.2) is 5.82 Å². The molecule has 2 N–H and O–H groups in total. The van der Waals surface area contributed by atoms with E-state index < -0.39 is 11.7 Å². The van der Waals surface area contributed by atoms with Gasteiger partial charge in [-0.1, -0.05) is 18.2 Å². The van der Waals surface area contributed by atoms with Crippen LogP contribution in [0.25, 0.3) is 5.82 Å².